The van der Waals surface area contributed by atoms with Crippen molar-refractivity contribution < 1.29 is 14.6 Å². The van der Waals surface area contributed by atoms with Crippen molar-refractivity contribution >= 4 is 5.97 Å². The number of allylic oxidation sites excluding steroid dienone is 2. The number of carbonyl (C=O) groups is 1. The van der Waals surface area contributed by atoms with Gasteiger partial charge in [-0.1, -0.05) is 24.3 Å². The van der Waals surface area contributed by atoms with Crippen LogP contribution in [0.1, 0.15) is 24.3 Å². The summed E-state index contributed by atoms with van der Waals surface area (Å²) in [6.07, 6.45) is 5.81. The largest absolute Gasteiger partial charge is 0.497 e. The minimum atomic E-state index is -0.696. The molecule has 19 heavy (non-hydrogen) atoms. The summed E-state index contributed by atoms with van der Waals surface area (Å²) in [6.45, 7) is 0. The third kappa shape index (κ3) is 2.14. The number of ether oxygens (including phenoxy) is 1. The van der Waals surface area contributed by atoms with Gasteiger partial charge in [0.1, 0.15) is 5.75 Å². The lowest BCUT2D eigenvalue weighted by molar-refractivity contribution is -0.138. The van der Waals surface area contributed by atoms with Gasteiger partial charge in [0.05, 0.1) is 7.11 Å². The molecule has 0 amide bonds. The predicted octanol–water partition coefficient (Wildman–Crippen LogP) is 3.08. The Balaban J connectivity index is 1.92. The van der Waals surface area contributed by atoms with E-state index in [1.165, 1.54) is 5.56 Å². The van der Waals surface area contributed by atoms with Gasteiger partial charge in [0.15, 0.2) is 0 Å². The maximum Gasteiger partial charge on any atom is 0.303 e. The van der Waals surface area contributed by atoms with Crippen molar-refractivity contribution in [3.8, 4) is 5.75 Å². The first kappa shape index (κ1) is 12.3. The highest BCUT2D eigenvalue weighted by atomic mass is 16.5. The molecule has 1 aromatic carbocycles. The Morgan fingerprint density at radius 2 is 2.16 bits per heavy atom. The highest BCUT2D eigenvalue weighted by Crippen LogP contribution is 2.54. The average molecular weight is 258 g/mol. The van der Waals surface area contributed by atoms with Crippen LogP contribution in [0.15, 0.2) is 36.4 Å². The van der Waals surface area contributed by atoms with Gasteiger partial charge in [0.25, 0.3) is 0 Å². The van der Waals surface area contributed by atoms with E-state index < -0.39 is 5.97 Å². The monoisotopic (exact) mass is 258 g/mol. The Morgan fingerprint density at radius 1 is 1.37 bits per heavy atom. The molecule has 2 aliphatic rings. The first-order chi connectivity index (χ1) is 9.19. The van der Waals surface area contributed by atoms with Gasteiger partial charge in [-0.05, 0) is 47.8 Å². The molecule has 100 valence electrons. The van der Waals surface area contributed by atoms with Gasteiger partial charge < -0.3 is 9.84 Å². The Hall–Kier alpha value is -1.77. The lowest BCUT2D eigenvalue weighted by atomic mass is 9.77. The van der Waals surface area contributed by atoms with Crippen molar-refractivity contribution in [2.24, 2.45) is 17.8 Å². The number of hydrogen-bond donors (Lipinski definition) is 1. The SMILES string of the molecule is COc1cccc(C2C3C=CC(C3)C2CC(=O)O)c1. The van der Waals surface area contributed by atoms with Crippen molar-refractivity contribution in [2.45, 2.75) is 18.8 Å². The van der Waals surface area contributed by atoms with E-state index in [2.05, 4.69) is 18.2 Å². The van der Waals surface area contributed by atoms with Gasteiger partial charge in [-0.2, -0.15) is 0 Å². The normalized spacial score (nSPS) is 31.6. The first-order valence-corrected chi connectivity index (χ1v) is 6.73. The van der Waals surface area contributed by atoms with Crippen LogP contribution in [0.25, 0.3) is 0 Å². The van der Waals surface area contributed by atoms with Crippen molar-refractivity contribution in [1.82, 2.24) is 0 Å². The van der Waals surface area contributed by atoms with Gasteiger partial charge in [-0.25, -0.2) is 0 Å². The minimum absolute atomic E-state index is 0.222. The second-order valence-electron chi connectivity index (χ2n) is 5.51. The van der Waals surface area contributed by atoms with E-state index in [0.717, 1.165) is 12.2 Å². The molecule has 3 nitrogen and oxygen atoms in total. The molecule has 0 spiro atoms. The second kappa shape index (κ2) is 4.72. The summed E-state index contributed by atoms with van der Waals surface area (Å²) < 4.78 is 5.28. The first-order valence-electron chi connectivity index (χ1n) is 6.73. The van der Waals surface area contributed by atoms with Crippen LogP contribution in [-0.4, -0.2) is 18.2 Å². The molecule has 0 heterocycles. The summed E-state index contributed by atoms with van der Waals surface area (Å²) >= 11 is 0. The fraction of sp³-hybridized carbons (Fsp3) is 0.438. The van der Waals surface area contributed by atoms with Gasteiger partial charge in [0, 0.05) is 6.42 Å². The maximum absolute atomic E-state index is 11.1. The van der Waals surface area contributed by atoms with E-state index in [0.29, 0.717) is 17.8 Å². The van der Waals surface area contributed by atoms with Gasteiger partial charge in [-0.15, -0.1) is 0 Å². The van der Waals surface area contributed by atoms with Crippen molar-refractivity contribution in [1.29, 1.82) is 0 Å². The molecule has 1 fully saturated rings. The summed E-state index contributed by atoms with van der Waals surface area (Å²) in [6, 6.07) is 8.06. The topological polar surface area (TPSA) is 46.5 Å². The Morgan fingerprint density at radius 3 is 2.89 bits per heavy atom. The number of methoxy groups -OCH3 is 1. The molecule has 4 unspecified atom stereocenters. The van der Waals surface area contributed by atoms with Crippen LogP contribution in [0.2, 0.25) is 0 Å². The Kier molecular flexibility index (Phi) is 3.05. The zero-order chi connectivity index (χ0) is 13.4. The van der Waals surface area contributed by atoms with Crippen LogP contribution in [0.5, 0.6) is 5.75 Å². The van der Waals surface area contributed by atoms with E-state index in [1.807, 2.05) is 18.2 Å². The van der Waals surface area contributed by atoms with Crippen LogP contribution in [0.3, 0.4) is 0 Å². The molecular weight excluding hydrogens is 240 g/mol. The molecular formula is C16H18O3. The second-order valence-corrected chi connectivity index (χ2v) is 5.51. The number of hydrogen-bond acceptors (Lipinski definition) is 2. The molecule has 0 aliphatic heterocycles. The third-order valence-corrected chi connectivity index (χ3v) is 4.51. The molecule has 1 aromatic rings. The quantitative estimate of drug-likeness (QED) is 0.844. The third-order valence-electron chi connectivity index (χ3n) is 4.51. The molecule has 0 saturated heterocycles. The fourth-order valence-electron chi connectivity index (χ4n) is 3.75. The number of rotatable bonds is 4. The van der Waals surface area contributed by atoms with Gasteiger partial charge >= 0.3 is 5.97 Å². The van der Waals surface area contributed by atoms with Crippen molar-refractivity contribution in [2.75, 3.05) is 7.11 Å². The van der Waals surface area contributed by atoms with Crippen LogP contribution in [-0.2, 0) is 4.79 Å². The number of carboxylic acids is 1. The van der Waals surface area contributed by atoms with Gasteiger partial charge in [0.2, 0.25) is 0 Å². The highest BCUT2D eigenvalue weighted by Gasteiger charge is 2.45. The summed E-state index contributed by atoms with van der Waals surface area (Å²) in [4.78, 5) is 11.1. The summed E-state index contributed by atoms with van der Waals surface area (Å²) in [5, 5.41) is 9.12. The van der Waals surface area contributed by atoms with Crippen LogP contribution in [0, 0.1) is 17.8 Å². The van der Waals surface area contributed by atoms with Crippen molar-refractivity contribution in [3.05, 3.63) is 42.0 Å². The lowest BCUT2D eigenvalue weighted by Gasteiger charge is -2.27. The van der Waals surface area contributed by atoms with Crippen LogP contribution < -0.4 is 4.74 Å². The van der Waals surface area contributed by atoms with Crippen molar-refractivity contribution in [3.63, 3.8) is 0 Å². The zero-order valence-electron chi connectivity index (χ0n) is 11.0. The summed E-state index contributed by atoms with van der Waals surface area (Å²) in [7, 11) is 1.66. The summed E-state index contributed by atoms with van der Waals surface area (Å²) in [5.41, 5.74) is 1.21. The molecule has 3 rings (SSSR count). The average Bonchev–Trinajstić information content (AvgIpc) is 2.99. The number of aliphatic carboxylic acids is 1. The molecule has 0 radical (unpaired) electrons. The molecule has 1 N–H and O–H groups in total. The van der Waals surface area contributed by atoms with E-state index in [9.17, 15) is 4.79 Å². The molecule has 3 heteroatoms. The summed E-state index contributed by atoms with van der Waals surface area (Å²) in [5.74, 6) is 1.61. The van der Waals surface area contributed by atoms with E-state index in [-0.39, 0.29) is 12.3 Å². The lowest BCUT2D eigenvalue weighted by Crippen LogP contribution is -2.21. The van der Waals surface area contributed by atoms with Gasteiger partial charge in [-0.3, -0.25) is 4.79 Å². The molecule has 0 aromatic heterocycles. The van der Waals surface area contributed by atoms with E-state index in [1.54, 1.807) is 7.11 Å². The van der Waals surface area contributed by atoms with Crippen LogP contribution in [0.4, 0.5) is 0 Å². The van der Waals surface area contributed by atoms with E-state index in [4.69, 9.17) is 9.84 Å². The minimum Gasteiger partial charge on any atom is -0.497 e. The molecule has 2 aliphatic carbocycles. The number of benzene rings is 1. The molecule has 2 bridgehead atoms. The number of fused-ring (bicyclic) bond motifs is 2. The standard InChI is InChI=1S/C16H18O3/c1-19-13-4-2-3-11(8-13)16-12-6-5-10(7-12)14(16)9-15(17)18/h2-6,8,10,12,14,16H,7,9H2,1H3,(H,17,18). The molecule has 1 saturated carbocycles. The highest BCUT2D eigenvalue weighted by molar-refractivity contribution is 5.67. The zero-order valence-corrected chi connectivity index (χ0v) is 11.0. The van der Waals surface area contributed by atoms with Crippen LogP contribution >= 0.6 is 0 Å². The Labute approximate surface area is 112 Å². The number of carboxylic acid groups (broad SMARTS) is 1. The smallest absolute Gasteiger partial charge is 0.303 e. The Bertz CT molecular complexity index is 520. The fourth-order valence-corrected chi connectivity index (χ4v) is 3.75. The molecule has 4 atom stereocenters. The van der Waals surface area contributed by atoms with E-state index >= 15 is 0 Å². The maximum atomic E-state index is 11.1. The predicted molar refractivity (Wildman–Crippen MR) is 72.2 cm³/mol.